The Labute approximate surface area is 202 Å². The summed E-state index contributed by atoms with van der Waals surface area (Å²) in [7, 11) is 0. The number of para-hydroxylation sites is 2. The molecule has 0 saturated carbocycles. The van der Waals surface area contributed by atoms with Gasteiger partial charge >= 0.3 is 0 Å². The fourth-order valence-electron chi connectivity index (χ4n) is 3.86. The van der Waals surface area contributed by atoms with Gasteiger partial charge in [-0.3, -0.25) is 4.98 Å². The van der Waals surface area contributed by atoms with Crippen LogP contribution < -0.4 is 0 Å². The van der Waals surface area contributed by atoms with Crippen LogP contribution in [0.25, 0.3) is 38.5 Å². The van der Waals surface area contributed by atoms with E-state index >= 15 is 0 Å². The summed E-state index contributed by atoms with van der Waals surface area (Å²) in [6.45, 7) is 0. The number of nitrogens with zero attached hydrogens (tertiary/aromatic N) is 4. The van der Waals surface area contributed by atoms with Crippen LogP contribution >= 0.6 is 11.8 Å². The van der Waals surface area contributed by atoms with Crippen molar-refractivity contribution < 1.29 is 26.2 Å². The molecule has 0 amide bonds. The summed E-state index contributed by atoms with van der Waals surface area (Å²) in [6.07, 6.45) is 5.12. The molecule has 0 aliphatic rings. The SMILES string of the molecule is Oc1cccc2ccc(Sc3[c-]c4c(cc3)c3ccccc3n4-c3cnccn3)nc12.[Pt]. The first-order valence-corrected chi connectivity index (χ1v) is 10.6. The first kappa shape index (κ1) is 20.7. The topological polar surface area (TPSA) is 63.8 Å². The van der Waals surface area contributed by atoms with Crippen molar-refractivity contribution in [1.82, 2.24) is 19.5 Å². The van der Waals surface area contributed by atoms with Gasteiger partial charge in [0.2, 0.25) is 0 Å². The van der Waals surface area contributed by atoms with Crippen LogP contribution in [0.3, 0.4) is 0 Å². The van der Waals surface area contributed by atoms with E-state index < -0.39 is 0 Å². The van der Waals surface area contributed by atoms with Crippen molar-refractivity contribution >= 4 is 44.5 Å². The van der Waals surface area contributed by atoms with Gasteiger partial charge in [0.15, 0.2) is 5.82 Å². The molecular formula is C25H15N4OPtS-. The Balaban J connectivity index is 0.00000216. The van der Waals surface area contributed by atoms with Gasteiger partial charge in [0.25, 0.3) is 0 Å². The summed E-state index contributed by atoms with van der Waals surface area (Å²) >= 11 is 1.51. The van der Waals surface area contributed by atoms with Crippen molar-refractivity contribution in [2.75, 3.05) is 0 Å². The first-order valence-electron chi connectivity index (χ1n) is 9.76. The number of hydrogen-bond acceptors (Lipinski definition) is 5. The van der Waals surface area contributed by atoms with E-state index in [2.05, 4.69) is 49.9 Å². The molecule has 32 heavy (non-hydrogen) atoms. The van der Waals surface area contributed by atoms with Crippen LogP contribution in [0.5, 0.6) is 5.75 Å². The number of benzene rings is 3. The van der Waals surface area contributed by atoms with E-state index in [1.54, 1.807) is 24.7 Å². The number of aromatic hydroxyl groups is 1. The summed E-state index contributed by atoms with van der Waals surface area (Å²) in [5.41, 5.74) is 2.60. The molecule has 0 unspecified atom stereocenters. The molecule has 0 atom stereocenters. The molecule has 0 aliphatic heterocycles. The zero-order valence-electron chi connectivity index (χ0n) is 16.5. The van der Waals surface area contributed by atoms with Gasteiger partial charge in [-0.15, -0.1) is 11.5 Å². The van der Waals surface area contributed by atoms with E-state index in [-0.39, 0.29) is 26.8 Å². The first-order chi connectivity index (χ1) is 15.3. The Morgan fingerprint density at radius 3 is 2.66 bits per heavy atom. The Kier molecular flexibility index (Phi) is 5.41. The molecule has 3 heterocycles. The number of fused-ring (bicyclic) bond motifs is 4. The van der Waals surface area contributed by atoms with Crippen molar-refractivity contribution in [3.8, 4) is 11.6 Å². The van der Waals surface area contributed by atoms with E-state index in [4.69, 9.17) is 0 Å². The number of rotatable bonds is 3. The zero-order chi connectivity index (χ0) is 20.8. The minimum Gasteiger partial charge on any atom is -0.506 e. The van der Waals surface area contributed by atoms with Crippen LogP contribution in [0.4, 0.5) is 0 Å². The van der Waals surface area contributed by atoms with E-state index in [0.29, 0.717) is 5.52 Å². The molecular weight excluding hydrogens is 599 g/mol. The van der Waals surface area contributed by atoms with Gasteiger partial charge in [-0.05, 0) is 29.7 Å². The Bertz CT molecular complexity index is 1580. The molecule has 3 aromatic heterocycles. The number of phenolic OH excluding ortho intramolecular Hbond substituents is 1. The van der Waals surface area contributed by atoms with Crippen molar-refractivity contribution in [1.29, 1.82) is 0 Å². The second-order valence-electron chi connectivity index (χ2n) is 7.10. The maximum Gasteiger partial charge on any atom is 0.154 e. The average molecular weight is 615 g/mol. The summed E-state index contributed by atoms with van der Waals surface area (Å²) in [4.78, 5) is 14.3. The molecule has 6 rings (SSSR count). The zero-order valence-corrected chi connectivity index (χ0v) is 19.6. The fraction of sp³-hybridized carbons (Fsp3) is 0. The number of pyridine rings is 1. The second-order valence-corrected chi connectivity index (χ2v) is 8.16. The van der Waals surface area contributed by atoms with E-state index in [1.807, 2.05) is 36.4 Å². The number of phenols is 1. The van der Waals surface area contributed by atoms with E-state index in [1.165, 1.54) is 11.8 Å². The molecule has 0 aliphatic carbocycles. The molecule has 6 aromatic rings. The molecule has 0 fully saturated rings. The molecule has 158 valence electrons. The predicted molar refractivity (Wildman–Crippen MR) is 123 cm³/mol. The molecule has 0 radical (unpaired) electrons. The van der Waals surface area contributed by atoms with Gasteiger partial charge in [0, 0.05) is 44.4 Å². The Morgan fingerprint density at radius 1 is 0.875 bits per heavy atom. The van der Waals surface area contributed by atoms with Gasteiger partial charge in [0.05, 0.1) is 11.2 Å². The molecule has 0 bridgehead atoms. The molecule has 5 nitrogen and oxygen atoms in total. The molecule has 7 heteroatoms. The van der Waals surface area contributed by atoms with Crippen LogP contribution in [0, 0.1) is 6.07 Å². The monoisotopic (exact) mass is 614 g/mol. The average Bonchev–Trinajstić information content (AvgIpc) is 3.14. The minimum absolute atomic E-state index is 0. The van der Waals surface area contributed by atoms with Gasteiger partial charge in [0.1, 0.15) is 11.3 Å². The summed E-state index contributed by atoms with van der Waals surface area (Å²) in [5.74, 6) is 0.933. The van der Waals surface area contributed by atoms with Gasteiger partial charge in [-0.25, -0.2) is 9.97 Å². The van der Waals surface area contributed by atoms with Crippen LogP contribution in [0.2, 0.25) is 0 Å². The third-order valence-corrected chi connectivity index (χ3v) is 6.12. The van der Waals surface area contributed by atoms with Crippen LogP contribution in [-0.2, 0) is 21.1 Å². The fourth-order valence-corrected chi connectivity index (χ4v) is 4.64. The standard InChI is InChI=1S/C25H15N4OS.Pt/c30-22-7-3-4-16-8-11-24(28-25(16)22)31-17-9-10-19-18-5-1-2-6-20(18)29(21(19)14-17)23-15-26-12-13-27-23;/h1-13,15,30H;/q-1;. The van der Waals surface area contributed by atoms with E-state index in [9.17, 15) is 5.11 Å². The number of hydrogen-bond donors (Lipinski definition) is 1. The number of aromatic nitrogens is 4. The maximum atomic E-state index is 10.2. The quantitative estimate of drug-likeness (QED) is 0.257. The van der Waals surface area contributed by atoms with Crippen molar-refractivity contribution in [3.05, 3.63) is 91.4 Å². The summed E-state index contributed by atoms with van der Waals surface area (Å²) < 4.78 is 2.08. The van der Waals surface area contributed by atoms with Gasteiger partial charge < -0.3 is 9.67 Å². The smallest absolute Gasteiger partial charge is 0.154 e. The summed E-state index contributed by atoms with van der Waals surface area (Å²) in [5, 5.41) is 14.1. The predicted octanol–water partition coefficient (Wildman–Crippen LogP) is 5.78. The van der Waals surface area contributed by atoms with Crippen molar-refractivity contribution in [2.24, 2.45) is 0 Å². The molecule has 0 saturated heterocycles. The summed E-state index contributed by atoms with van der Waals surface area (Å²) in [6, 6.07) is 25.3. The minimum atomic E-state index is 0. The molecule has 0 spiro atoms. The Morgan fingerprint density at radius 2 is 1.78 bits per heavy atom. The van der Waals surface area contributed by atoms with Crippen molar-refractivity contribution in [3.63, 3.8) is 0 Å². The van der Waals surface area contributed by atoms with E-state index in [0.717, 1.165) is 42.9 Å². The van der Waals surface area contributed by atoms with Crippen LogP contribution in [-0.4, -0.2) is 24.6 Å². The van der Waals surface area contributed by atoms with Gasteiger partial charge in [-0.2, -0.15) is 12.1 Å². The largest absolute Gasteiger partial charge is 0.506 e. The Hall–Kier alpha value is -3.21. The van der Waals surface area contributed by atoms with Crippen LogP contribution in [0.15, 0.2) is 95.2 Å². The third-order valence-electron chi connectivity index (χ3n) is 5.22. The third kappa shape index (κ3) is 3.46. The van der Waals surface area contributed by atoms with Gasteiger partial charge in [-0.1, -0.05) is 52.5 Å². The van der Waals surface area contributed by atoms with Crippen molar-refractivity contribution in [2.45, 2.75) is 9.92 Å². The maximum absolute atomic E-state index is 10.2. The molecule has 3 aromatic carbocycles. The second kappa shape index (κ2) is 8.38. The normalized spacial score (nSPS) is 11.1. The molecule has 1 N–H and O–H groups in total. The van der Waals surface area contributed by atoms with Crippen LogP contribution in [0.1, 0.15) is 0 Å².